The van der Waals surface area contributed by atoms with Crippen molar-refractivity contribution in [2.75, 3.05) is 20.2 Å². The van der Waals surface area contributed by atoms with Gasteiger partial charge < -0.3 is 14.4 Å². The van der Waals surface area contributed by atoms with Gasteiger partial charge in [0, 0.05) is 25.1 Å². The number of ether oxygens (including phenoxy) is 2. The minimum atomic E-state index is -0.767. The number of carbonyl (C=O) groups is 1. The first-order chi connectivity index (χ1) is 13.0. The van der Waals surface area contributed by atoms with Crippen LogP contribution in [0, 0.1) is 0 Å². The lowest BCUT2D eigenvalue weighted by atomic mass is 9.65. The minimum absolute atomic E-state index is 0.178. The predicted molar refractivity (Wildman–Crippen MR) is 105 cm³/mol. The van der Waals surface area contributed by atoms with E-state index in [0.29, 0.717) is 6.42 Å². The number of methoxy groups -OCH3 is 1. The number of hydrogen-bond donors (Lipinski definition) is 0. The van der Waals surface area contributed by atoms with Crippen LogP contribution in [-0.2, 0) is 10.2 Å². The molecule has 2 heterocycles. The van der Waals surface area contributed by atoms with Crippen molar-refractivity contribution in [3.05, 3.63) is 59.7 Å². The van der Waals surface area contributed by atoms with Crippen LogP contribution in [0.15, 0.2) is 48.5 Å². The fourth-order valence-corrected chi connectivity index (χ4v) is 4.61. The molecule has 0 bridgehead atoms. The van der Waals surface area contributed by atoms with E-state index in [1.165, 1.54) is 0 Å². The smallest absolute Gasteiger partial charge is 0.237 e. The molecule has 4 nitrogen and oxygen atoms in total. The summed E-state index contributed by atoms with van der Waals surface area (Å²) in [6, 6.07) is 16.0. The van der Waals surface area contributed by atoms with E-state index >= 15 is 0 Å². The zero-order valence-corrected chi connectivity index (χ0v) is 16.3. The first kappa shape index (κ1) is 17.9. The Morgan fingerprint density at radius 1 is 1.07 bits per heavy atom. The average molecular weight is 365 g/mol. The number of likely N-dealkylation sites (tertiary alicyclic amines) is 1. The highest BCUT2D eigenvalue weighted by atomic mass is 16.5. The van der Waals surface area contributed by atoms with Crippen LogP contribution in [0.3, 0.4) is 0 Å². The van der Waals surface area contributed by atoms with Gasteiger partial charge in [0.15, 0.2) is 0 Å². The van der Waals surface area contributed by atoms with Gasteiger partial charge in [-0.05, 0) is 50.5 Å². The maximum absolute atomic E-state index is 14.0. The molecule has 27 heavy (non-hydrogen) atoms. The van der Waals surface area contributed by atoms with E-state index in [2.05, 4.69) is 26.0 Å². The molecule has 0 radical (unpaired) electrons. The van der Waals surface area contributed by atoms with E-state index < -0.39 is 11.0 Å². The summed E-state index contributed by atoms with van der Waals surface area (Å²) >= 11 is 0. The third-order valence-electron chi connectivity index (χ3n) is 5.75. The molecule has 1 fully saturated rings. The predicted octanol–water partition coefficient (Wildman–Crippen LogP) is 4.16. The van der Waals surface area contributed by atoms with Gasteiger partial charge in [0.25, 0.3) is 0 Å². The summed E-state index contributed by atoms with van der Waals surface area (Å²) in [4.78, 5) is 16.0. The quantitative estimate of drug-likeness (QED) is 0.820. The lowest BCUT2D eigenvalue weighted by Crippen LogP contribution is -2.54. The van der Waals surface area contributed by atoms with Gasteiger partial charge in [-0.2, -0.15) is 0 Å². The van der Waals surface area contributed by atoms with E-state index in [9.17, 15) is 4.79 Å². The second kappa shape index (κ2) is 6.59. The maximum Gasteiger partial charge on any atom is 0.237 e. The number of nitrogens with zero attached hydrogens (tertiary/aromatic N) is 1. The fraction of sp³-hybridized carbons (Fsp3) is 0.435. The zero-order valence-electron chi connectivity index (χ0n) is 16.3. The van der Waals surface area contributed by atoms with Crippen LogP contribution < -0.4 is 9.47 Å². The van der Waals surface area contributed by atoms with Crippen molar-refractivity contribution in [1.82, 2.24) is 4.90 Å². The van der Waals surface area contributed by atoms with E-state index in [1.54, 1.807) is 7.11 Å². The van der Waals surface area contributed by atoms with Gasteiger partial charge in [0.05, 0.1) is 7.11 Å². The zero-order chi connectivity index (χ0) is 19.1. The van der Waals surface area contributed by atoms with Gasteiger partial charge in [0.1, 0.15) is 22.5 Å². The van der Waals surface area contributed by atoms with Crippen LogP contribution in [0.4, 0.5) is 0 Å². The third kappa shape index (κ3) is 2.97. The summed E-state index contributed by atoms with van der Waals surface area (Å²) in [5.74, 6) is 1.69. The summed E-state index contributed by atoms with van der Waals surface area (Å²) in [7, 11) is 1.65. The number of benzene rings is 2. The van der Waals surface area contributed by atoms with Gasteiger partial charge in [-0.15, -0.1) is 0 Å². The van der Waals surface area contributed by atoms with Crippen molar-refractivity contribution in [3.63, 3.8) is 0 Å². The molecule has 2 aliphatic heterocycles. The van der Waals surface area contributed by atoms with Crippen LogP contribution in [0.1, 0.15) is 44.2 Å². The summed E-state index contributed by atoms with van der Waals surface area (Å²) in [6.07, 6.45) is 2.74. The second-order valence-electron chi connectivity index (χ2n) is 8.17. The van der Waals surface area contributed by atoms with Gasteiger partial charge in [-0.25, -0.2) is 0 Å². The Labute approximate surface area is 161 Å². The first-order valence-electron chi connectivity index (χ1n) is 9.69. The Morgan fingerprint density at radius 3 is 2.44 bits per heavy atom. The molecule has 1 amide bonds. The topological polar surface area (TPSA) is 38.8 Å². The molecule has 0 spiro atoms. The summed E-state index contributed by atoms with van der Waals surface area (Å²) in [6.45, 7) is 5.78. The monoisotopic (exact) mass is 365 g/mol. The molecule has 142 valence electrons. The standard InChI is InChI=1S/C23H27NO3/c1-22(2)16-23(17-9-5-4-6-10-17,21(25)24-13-7-8-14-24)19-15-18(26-3)11-12-20(19)27-22/h4-6,9-12,15H,7-8,13-14,16H2,1-3H3. The number of hydrogen-bond acceptors (Lipinski definition) is 3. The molecule has 0 saturated carbocycles. The Morgan fingerprint density at radius 2 is 1.78 bits per heavy atom. The highest BCUT2D eigenvalue weighted by Crippen LogP contribution is 2.51. The Hall–Kier alpha value is -2.49. The SMILES string of the molecule is COc1ccc2c(c1)C(C(=O)N1CCCC1)(c1ccccc1)CC(C)(C)O2. The fourth-order valence-electron chi connectivity index (χ4n) is 4.61. The van der Waals surface area contributed by atoms with Crippen LogP contribution in [-0.4, -0.2) is 36.6 Å². The minimum Gasteiger partial charge on any atom is -0.497 e. The molecule has 2 aromatic rings. The van der Waals surface area contributed by atoms with E-state index in [-0.39, 0.29) is 5.91 Å². The molecule has 4 rings (SSSR count). The molecule has 2 aromatic carbocycles. The molecule has 0 N–H and O–H groups in total. The molecule has 0 aliphatic carbocycles. The van der Waals surface area contributed by atoms with Crippen LogP contribution in [0.5, 0.6) is 11.5 Å². The van der Waals surface area contributed by atoms with Crippen LogP contribution in [0.2, 0.25) is 0 Å². The van der Waals surface area contributed by atoms with Crippen molar-refractivity contribution >= 4 is 5.91 Å². The van der Waals surface area contributed by atoms with Crippen molar-refractivity contribution in [3.8, 4) is 11.5 Å². The molecule has 2 aliphatic rings. The van der Waals surface area contributed by atoms with Crippen molar-refractivity contribution in [2.45, 2.75) is 44.1 Å². The largest absolute Gasteiger partial charge is 0.497 e. The van der Waals surface area contributed by atoms with Crippen molar-refractivity contribution in [1.29, 1.82) is 0 Å². The first-order valence-corrected chi connectivity index (χ1v) is 9.69. The third-order valence-corrected chi connectivity index (χ3v) is 5.75. The van der Waals surface area contributed by atoms with Crippen molar-refractivity contribution < 1.29 is 14.3 Å². The van der Waals surface area contributed by atoms with Gasteiger partial charge >= 0.3 is 0 Å². The molecule has 0 aromatic heterocycles. The van der Waals surface area contributed by atoms with E-state index in [1.807, 2.05) is 41.3 Å². The summed E-state index contributed by atoms with van der Waals surface area (Å²) in [5, 5.41) is 0. The molecule has 1 unspecified atom stereocenters. The van der Waals surface area contributed by atoms with Gasteiger partial charge in [0.2, 0.25) is 5.91 Å². The lowest BCUT2D eigenvalue weighted by Gasteiger charge is -2.46. The van der Waals surface area contributed by atoms with Gasteiger partial charge in [-0.3, -0.25) is 4.79 Å². The Kier molecular flexibility index (Phi) is 4.37. The molecule has 4 heteroatoms. The van der Waals surface area contributed by atoms with Gasteiger partial charge in [-0.1, -0.05) is 30.3 Å². The molecular formula is C23H27NO3. The van der Waals surface area contributed by atoms with E-state index in [4.69, 9.17) is 9.47 Å². The Balaban J connectivity index is 1.98. The van der Waals surface area contributed by atoms with Crippen LogP contribution >= 0.6 is 0 Å². The summed E-state index contributed by atoms with van der Waals surface area (Å²) < 4.78 is 11.8. The van der Waals surface area contributed by atoms with Crippen LogP contribution in [0.25, 0.3) is 0 Å². The maximum atomic E-state index is 14.0. The molecule has 1 saturated heterocycles. The second-order valence-corrected chi connectivity index (χ2v) is 8.17. The normalized spacial score (nSPS) is 23.4. The number of carbonyl (C=O) groups excluding carboxylic acids is 1. The molecular weight excluding hydrogens is 338 g/mol. The average Bonchev–Trinajstić information content (AvgIpc) is 3.21. The Bertz CT molecular complexity index is 840. The highest BCUT2D eigenvalue weighted by Gasteiger charge is 2.53. The number of fused-ring (bicyclic) bond motifs is 1. The number of rotatable bonds is 3. The highest BCUT2D eigenvalue weighted by molar-refractivity contribution is 5.94. The van der Waals surface area contributed by atoms with E-state index in [0.717, 1.165) is 48.6 Å². The molecule has 1 atom stereocenters. The lowest BCUT2D eigenvalue weighted by molar-refractivity contribution is -0.137. The number of amides is 1. The summed E-state index contributed by atoms with van der Waals surface area (Å²) in [5.41, 5.74) is 0.710. The van der Waals surface area contributed by atoms with Crippen molar-refractivity contribution in [2.24, 2.45) is 0 Å².